The van der Waals surface area contributed by atoms with Gasteiger partial charge in [-0.3, -0.25) is 4.79 Å². The smallest absolute Gasteiger partial charge is 0.236 e. The maximum Gasteiger partial charge on any atom is 0.236 e. The summed E-state index contributed by atoms with van der Waals surface area (Å²) in [6, 6.07) is 0.163. The fraction of sp³-hybridized carbons (Fsp3) is 0.867. The summed E-state index contributed by atoms with van der Waals surface area (Å²) in [5.41, 5.74) is 5.13. The van der Waals surface area contributed by atoms with Crippen LogP contribution in [0, 0.1) is 5.41 Å². The Bertz CT molecular complexity index is 366. The molecule has 1 atom stereocenters. The van der Waals surface area contributed by atoms with E-state index in [1.54, 1.807) is 16.7 Å². The number of rotatable bonds is 6. The molecule has 1 rings (SSSR count). The maximum atomic E-state index is 13.0. The average molecular weight is 315 g/mol. The molecule has 0 radical (unpaired) electrons. The lowest BCUT2D eigenvalue weighted by Crippen LogP contribution is -2.52. The Labute approximate surface area is 132 Å². The zero-order chi connectivity index (χ0) is 15.9. The summed E-state index contributed by atoms with van der Waals surface area (Å²) < 4.78 is 0. The van der Waals surface area contributed by atoms with Crippen LogP contribution in [-0.4, -0.2) is 46.9 Å². The third-order valence-corrected chi connectivity index (χ3v) is 5.33. The van der Waals surface area contributed by atoms with Crippen molar-refractivity contribution in [3.8, 4) is 0 Å². The van der Waals surface area contributed by atoms with Crippen molar-refractivity contribution in [1.29, 1.82) is 0 Å². The Morgan fingerprint density at radius 1 is 1.38 bits per heavy atom. The van der Waals surface area contributed by atoms with Crippen LogP contribution < -0.4 is 5.73 Å². The van der Waals surface area contributed by atoms with Crippen molar-refractivity contribution in [1.82, 2.24) is 4.90 Å². The fourth-order valence-corrected chi connectivity index (χ4v) is 3.60. The van der Waals surface area contributed by atoms with Crippen LogP contribution in [0.5, 0.6) is 0 Å². The van der Waals surface area contributed by atoms with E-state index in [4.69, 9.17) is 10.9 Å². The minimum absolute atomic E-state index is 0.00769. The van der Waals surface area contributed by atoms with Gasteiger partial charge in [-0.2, -0.15) is 11.8 Å². The van der Waals surface area contributed by atoms with Gasteiger partial charge in [-0.05, 0) is 38.2 Å². The summed E-state index contributed by atoms with van der Waals surface area (Å²) >= 11 is 1.78. The van der Waals surface area contributed by atoms with Gasteiger partial charge in [-0.25, -0.2) is 0 Å². The molecule has 6 heteroatoms. The average Bonchev–Trinajstić information content (AvgIpc) is 2.77. The second-order valence-electron chi connectivity index (χ2n) is 6.03. The number of nitrogens with zero attached hydrogens (tertiary/aromatic N) is 2. The quantitative estimate of drug-likeness (QED) is 0.260. The summed E-state index contributed by atoms with van der Waals surface area (Å²) in [6.45, 7) is 2.06. The van der Waals surface area contributed by atoms with E-state index < -0.39 is 5.41 Å². The largest absolute Gasteiger partial charge is 0.409 e. The summed E-state index contributed by atoms with van der Waals surface area (Å²) in [7, 11) is 1.84. The van der Waals surface area contributed by atoms with Gasteiger partial charge in [0.05, 0.1) is 0 Å². The van der Waals surface area contributed by atoms with Gasteiger partial charge in [0.1, 0.15) is 5.41 Å². The number of oxime groups is 1. The molecule has 0 saturated heterocycles. The lowest BCUT2D eigenvalue weighted by atomic mass is 9.77. The van der Waals surface area contributed by atoms with Crippen molar-refractivity contribution < 1.29 is 10.0 Å². The van der Waals surface area contributed by atoms with E-state index in [0.29, 0.717) is 12.8 Å². The lowest BCUT2D eigenvalue weighted by molar-refractivity contribution is -0.139. The van der Waals surface area contributed by atoms with Crippen molar-refractivity contribution in [2.75, 3.05) is 19.1 Å². The van der Waals surface area contributed by atoms with Crippen LogP contribution in [0.4, 0.5) is 0 Å². The SMILES string of the molecule is CSCCC(C)N(C)C(=O)C1(C(N)=NO)CCCCCC1. The summed E-state index contributed by atoms with van der Waals surface area (Å²) in [6.07, 6.45) is 8.51. The van der Waals surface area contributed by atoms with E-state index in [9.17, 15) is 4.79 Å². The van der Waals surface area contributed by atoms with Crippen LogP contribution in [0.15, 0.2) is 5.16 Å². The van der Waals surface area contributed by atoms with Gasteiger partial charge in [0, 0.05) is 13.1 Å². The molecular formula is C15H29N3O2S. The van der Waals surface area contributed by atoms with Crippen LogP contribution in [0.3, 0.4) is 0 Å². The van der Waals surface area contributed by atoms with E-state index in [0.717, 1.165) is 37.9 Å². The van der Waals surface area contributed by atoms with Crippen LogP contribution in [0.1, 0.15) is 51.9 Å². The second kappa shape index (κ2) is 8.51. The van der Waals surface area contributed by atoms with E-state index in [2.05, 4.69) is 18.3 Å². The molecule has 1 aliphatic rings. The first kappa shape index (κ1) is 18.1. The van der Waals surface area contributed by atoms with Gasteiger partial charge in [-0.15, -0.1) is 0 Å². The molecule has 21 heavy (non-hydrogen) atoms. The molecular weight excluding hydrogens is 286 g/mol. The number of amides is 1. The topological polar surface area (TPSA) is 78.9 Å². The molecule has 0 aromatic rings. The number of thioether (sulfide) groups is 1. The highest BCUT2D eigenvalue weighted by Crippen LogP contribution is 2.37. The minimum atomic E-state index is -0.812. The molecule has 0 aromatic carbocycles. The lowest BCUT2D eigenvalue weighted by Gasteiger charge is -2.36. The highest BCUT2D eigenvalue weighted by atomic mass is 32.2. The Hall–Kier alpha value is -0.910. The second-order valence-corrected chi connectivity index (χ2v) is 7.01. The molecule has 1 saturated carbocycles. The van der Waals surface area contributed by atoms with Gasteiger partial charge in [0.2, 0.25) is 5.91 Å². The van der Waals surface area contributed by atoms with E-state index >= 15 is 0 Å². The number of hydrogen-bond acceptors (Lipinski definition) is 4. The van der Waals surface area contributed by atoms with Crippen LogP contribution in [0.2, 0.25) is 0 Å². The standard InChI is InChI=1S/C15H29N3O2S/c1-12(8-11-21-3)18(2)14(19)15(13(16)17-20)9-6-4-5-7-10-15/h12,20H,4-11H2,1-3H3,(H2,16,17). The first-order chi connectivity index (χ1) is 9.99. The van der Waals surface area contributed by atoms with Crippen molar-refractivity contribution in [2.45, 2.75) is 57.9 Å². The Kier molecular flexibility index (Phi) is 7.35. The van der Waals surface area contributed by atoms with Crippen molar-refractivity contribution in [3.63, 3.8) is 0 Å². The molecule has 5 nitrogen and oxygen atoms in total. The Morgan fingerprint density at radius 2 is 1.95 bits per heavy atom. The van der Waals surface area contributed by atoms with Gasteiger partial charge >= 0.3 is 0 Å². The predicted octanol–water partition coefficient (Wildman–Crippen LogP) is 2.67. The molecule has 3 N–H and O–H groups in total. The zero-order valence-corrected chi connectivity index (χ0v) is 14.3. The molecule has 0 aliphatic heterocycles. The third kappa shape index (κ3) is 4.28. The van der Waals surface area contributed by atoms with Crippen LogP contribution in [-0.2, 0) is 4.79 Å². The first-order valence-electron chi connectivity index (χ1n) is 7.74. The van der Waals surface area contributed by atoms with Crippen LogP contribution >= 0.6 is 11.8 Å². The summed E-state index contributed by atoms with van der Waals surface area (Å²) in [5, 5.41) is 12.3. The summed E-state index contributed by atoms with van der Waals surface area (Å²) in [4.78, 5) is 14.8. The molecule has 1 aliphatic carbocycles. The maximum absolute atomic E-state index is 13.0. The minimum Gasteiger partial charge on any atom is -0.409 e. The molecule has 0 spiro atoms. The molecule has 1 fully saturated rings. The molecule has 0 bridgehead atoms. The third-order valence-electron chi connectivity index (χ3n) is 4.69. The predicted molar refractivity (Wildman–Crippen MR) is 88.8 cm³/mol. The van der Waals surface area contributed by atoms with E-state index in [1.165, 1.54) is 0 Å². The van der Waals surface area contributed by atoms with Gasteiger partial charge < -0.3 is 15.8 Å². The number of carbonyl (C=O) groups excluding carboxylic acids is 1. The number of amidine groups is 1. The monoisotopic (exact) mass is 315 g/mol. The normalized spacial score (nSPS) is 20.6. The molecule has 0 heterocycles. The first-order valence-corrected chi connectivity index (χ1v) is 9.13. The highest BCUT2D eigenvalue weighted by molar-refractivity contribution is 7.98. The van der Waals surface area contributed by atoms with Crippen molar-refractivity contribution in [3.05, 3.63) is 0 Å². The molecule has 1 unspecified atom stereocenters. The van der Waals surface area contributed by atoms with E-state index in [-0.39, 0.29) is 17.8 Å². The molecule has 1 amide bonds. The molecule has 0 aromatic heterocycles. The zero-order valence-electron chi connectivity index (χ0n) is 13.5. The summed E-state index contributed by atoms with van der Waals surface area (Å²) in [5.74, 6) is 1.11. The number of nitrogens with two attached hydrogens (primary N) is 1. The van der Waals surface area contributed by atoms with Gasteiger partial charge in [0.25, 0.3) is 0 Å². The number of carbonyl (C=O) groups is 1. The number of hydrogen-bond donors (Lipinski definition) is 2. The van der Waals surface area contributed by atoms with E-state index in [1.807, 2.05) is 7.05 Å². The van der Waals surface area contributed by atoms with Crippen LogP contribution in [0.25, 0.3) is 0 Å². The van der Waals surface area contributed by atoms with Crippen molar-refractivity contribution >= 4 is 23.5 Å². The van der Waals surface area contributed by atoms with Gasteiger partial charge in [0.15, 0.2) is 5.84 Å². The fourth-order valence-electron chi connectivity index (χ4n) is 3.03. The highest BCUT2D eigenvalue weighted by Gasteiger charge is 2.45. The Balaban J connectivity index is 2.94. The van der Waals surface area contributed by atoms with Crippen molar-refractivity contribution in [2.24, 2.45) is 16.3 Å². The Morgan fingerprint density at radius 3 is 2.43 bits per heavy atom. The van der Waals surface area contributed by atoms with Gasteiger partial charge in [-0.1, -0.05) is 30.8 Å². The molecule has 122 valence electrons.